The van der Waals surface area contributed by atoms with E-state index in [9.17, 15) is 4.79 Å². The van der Waals surface area contributed by atoms with Crippen LogP contribution in [0.3, 0.4) is 0 Å². The summed E-state index contributed by atoms with van der Waals surface area (Å²) in [6, 6.07) is 7.62. The molecule has 0 saturated heterocycles. The third-order valence-electron chi connectivity index (χ3n) is 2.78. The molecule has 0 aliphatic heterocycles. The molecule has 0 aliphatic carbocycles. The average molecular weight is 232 g/mol. The topological polar surface area (TPSA) is 45.3 Å². The normalized spacial score (nSPS) is 10.7. The molecule has 2 rings (SSSR count). The molecular weight excluding hydrogens is 216 g/mol. The summed E-state index contributed by atoms with van der Waals surface area (Å²) < 4.78 is 4.96. The first-order valence-electron chi connectivity index (χ1n) is 5.54. The highest BCUT2D eigenvalue weighted by Crippen LogP contribution is 2.15. The minimum absolute atomic E-state index is 0.0187. The van der Waals surface area contributed by atoms with Gasteiger partial charge in [-0.15, -0.1) is 0 Å². The van der Waals surface area contributed by atoms with Crippen molar-refractivity contribution < 1.29 is 9.53 Å². The van der Waals surface area contributed by atoms with Crippen molar-refractivity contribution in [3.63, 3.8) is 0 Å². The lowest BCUT2D eigenvalue weighted by Gasteiger charge is -2.16. The van der Waals surface area contributed by atoms with E-state index in [0.717, 1.165) is 10.9 Å². The Bertz CT molecular complexity index is 519. The monoisotopic (exact) mass is 232 g/mol. The number of methoxy groups -OCH3 is 1. The maximum absolute atomic E-state index is 12.1. The van der Waals surface area contributed by atoms with Gasteiger partial charge in [0.25, 0.3) is 5.91 Å². The van der Waals surface area contributed by atoms with Gasteiger partial charge in [0.15, 0.2) is 0 Å². The molecular formula is C13H16N2O2. The number of ether oxygens (including phenoxy) is 1. The van der Waals surface area contributed by atoms with Crippen LogP contribution in [0.4, 0.5) is 0 Å². The minimum Gasteiger partial charge on any atom is -0.383 e. The van der Waals surface area contributed by atoms with E-state index in [4.69, 9.17) is 4.74 Å². The first kappa shape index (κ1) is 11.7. The number of amides is 1. The zero-order valence-corrected chi connectivity index (χ0v) is 10.1. The van der Waals surface area contributed by atoms with Crippen LogP contribution in [-0.2, 0) is 4.74 Å². The Morgan fingerprint density at radius 2 is 2.24 bits per heavy atom. The summed E-state index contributed by atoms with van der Waals surface area (Å²) in [5.41, 5.74) is 1.75. The Morgan fingerprint density at radius 3 is 3.00 bits per heavy atom. The van der Waals surface area contributed by atoms with E-state index < -0.39 is 0 Å². The second-order valence-corrected chi connectivity index (χ2v) is 4.00. The number of H-pyrrole nitrogens is 1. The first-order valence-corrected chi connectivity index (χ1v) is 5.54. The minimum atomic E-state index is 0.0187. The number of benzene rings is 1. The molecule has 0 saturated carbocycles. The Kier molecular flexibility index (Phi) is 3.44. The van der Waals surface area contributed by atoms with Crippen LogP contribution in [0.15, 0.2) is 30.5 Å². The number of nitrogens with zero attached hydrogens (tertiary/aromatic N) is 1. The standard InChI is InChI=1S/C13H16N2O2/c1-15(7-8-17-2)13(16)11-3-4-12-10(9-11)5-6-14-12/h3-6,9,14H,7-8H2,1-2H3. The third-order valence-corrected chi connectivity index (χ3v) is 2.78. The van der Waals surface area contributed by atoms with Gasteiger partial charge in [-0.1, -0.05) is 0 Å². The van der Waals surface area contributed by atoms with Crippen molar-refractivity contribution in [3.8, 4) is 0 Å². The van der Waals surface area contributed by atoms with Crippen molar-refractivity contribution in [1.29, 1.82) is 0 Å². The van der Waals surface area contributed by atoms with E-state index >= 15 is 0 Å². The number of likely N-dealkylation sites (N-methyl/N-ethyl adjacent to an activating group) is 1. The number of rotatable bonds is 4. The van der Waals surface area contributed by atoms with Crippen molar-refractivity contribution >= 4 is 16.8 Å². The second-order valence-electron chi connectivity index (χ2n) is 4.00. The van der Waals surface area contributed by atoms with Crippen LogP contribution < -0.4 is 0 Å². The van der Waals surface area contributed by atoms with Gasteiger partial charge in [-0.3, -0.25) is 4.79 Å². The third kappa shape index (κ3) is 2.47. The van der Waals surface area contributed by atoms with Crippen LogP contribution in [0.2, 0.25) is 0 Å². The number of hydrogen-bond acceptors (Lipinski definition) is 2. The molecule has 0 unspecified atom stereocenters. The molecule has 17 heavy (non-hydrogen) atoms. The van der Waals surface area contributed by atoms with Gasteiger partial charge in [-0.2, -0.15) is 0 Å². The molecule has 0 radical (unpaired) electrons. The molecule has 90 valence electrons. The van der Waals surface area contributed by atoms with Crippen LogP contribution in [0, 0.1) is 0 Å². The van der Waals surface area contributed by atoms with Crippen molar-refractivity contribution in [3.05, 3.63) is 36.0 Å². The highest BCUT2D eigenvalue weighted by Gasteiger charge is 2.11. The highest BCUT2D eigenvalue weighted by molar-refractivity contribution is 5.97. The van der Waals surface area contributed by atoms with E-state index in [1.165, 1.54) is 0 Å². The van der Waals surface area contributed by atoms with E-state index in [1.807, 2.05) is 30.5 Å². The number of hydrogen-bond donors (Lipinski definition) is 1. The second kappa shape index (κ2) is 5.01. The van der Waals surface area contributed by atoms with Crippen LogP contribution >= 0.6 is 0 Å². The molecule has 0 bridgehead atoms. The Labute approximate surface area is 100 Å². The Balaban J connectivity index is 2.17. The van der Waals surface area contributed by atoms with Gasteiger partial charge >= 0.3 is 0 Å². The zero-order valence-electron chi connectivity index (χ0n) is 10.1. The number of carbonyl (C=O) groups is 1. The van der Waals surface area contributed by atoms with Crippen molar-refractivity contribution in [2.75, 3.05) is 27.3 Å². The van der Waals surface area contributed by atoms with E-state index in [2.05, 4.69) is 4.98 Å². The predicted molar refractivity (Wildman–Crippen MR) is 67.1 cm³/mol. The number of nitrogens with one attached hydrogen (secondary N) is 1. The van der Waals surface area contributed by atoms with Gasteiger partial charge in [0, 0.05) is 43.4 Å². The summed E-state index contributed by atoms with van der Waals surface area (Å²) in [5.74, 6) is 0.0187. The number of carbonyl (C=O) groups excluding carboxylic acids is 1. The fourth-order valence-electron chi connectivity index (χ4n) is 1.74. The van der Waals surface area contributed by atoms with E-state index in [0.29, 0.717) is 18.7 Å². The van der Waals surface area contributed by atoms with Gasteiger partial charge in [0.1, 0.15) is 0 Å². The molecule has 2 aromatic rings. The first-order chi connectivity index (χ1) is 8.22. The van der Waals surface area contributed by atoms with Gasteiger partial charge in [-0.05, 0) is 24.3 Å². The van der Waals surface area contributed by atoms with Crippen LogP contribution in [-0.4, -0.2) is 43.1 Å². The quantitative estimate of drug-likeness (QED) is 0.874. The van der Waals surface area contributed by atoms with Gasteiger partial charge in [0.05, 0.1) is 6.61 Å². The molecule has 4 nitrogen and oxygen atoms in total. The molecule has 4 heteroatoms. The molecule has 1 amide bonds. The van der Waals surface area contributed by atoms with E-state index in [1.54, 1.807) is 19.1 Å². The summed E-state index contributed by atoms with van der Waals surface area (Å²) in [6.07, 6.45) is 1.87. The van der Waals surface area contributed by atoms with E-state index in [-0.39, 0.29) is 5.91 Å². The maximum atomic E-state index is 12.1. The Hall–Kier alpha value is -1.81. The van der Waals surface area contributed by atoms with Crippen molar-refractivity contribution in [2.24, 2.45) is 0 Å². The Morgan fingerprint density at radius 1 is 1.41 bits per heavy atom. The largest absolute Gasteiger partial charge is 0.383 e. The SMILES string of the molecule is COCCN(C)C(=O)c1ccc2[nH]ccc2c1. The molecule has 1 heterocycles. The van der Waals surface area contributed by atoms with Crippen LogP contribution in [0.1, 0.15) is 10.4 Å². The highest BCUT2D eigenvalue weighted by atomic mass is 16.5. The van der Waals surface area contributed by atoms with Crippen LogP contribution in [0.5, 0.6) is 0 Å². The predicted octanol–water partition coefficient (Wildman–Crippen LogP) is 1.89. The zero-order chi connectivity index (χ0) is 12.3. The lowest BCUT2D eigenvalue weighted by Crippen LogP contribution is -2.29. The van der Waals surface area contributed by atoms with Gasteiger partial charge in [-0.25, -0.2) is 0 Å². The number of fused-ring (bicyclic) bond motifs is 1. The molecule has 1 aromatic heterocycles. The summed E-state index contributed by atoms with van der Waals surface area (Å²) in [7, 11) is 3.41. The molecule has 0 aliphatic rings. The molecule has 1 aromatic carbocycles. The van der Waals surface area contributed by atoms with Gasteiger partial charge < -0.3 is 14.6 Å². The smallest absolute Gasteiger partial charge is 0.253 e. The van der Waals surface area contributed by atoms with Gasteiger partial charge in [0.2, 0.25) is 0 Å². The molecule has 0 fully saturated rings. The maximum Gasteiger partial charge on any atom is 0.253 e. The fraction of sp³-hybridized carbons (Fsp3) is 0.308. The number of aromatic amines is 1. The van der Waals surface area contributed by atoms with Crippen molar-refractivity contribution in [1.82, 2.24) is 9.88 Å². The average Bonchev–Trinajstić information content (AvgIpc) is 2.81. The number of aromatic nitrogens is 1. The molecule has 0 spiro atoms. The molecule has 0 atom stereocenters. The summed E-state index contributed by atoms with van der Waals surface area (Å²) >= 11 is 0. The lowest BCUT2D eigenvalue weighted by atomic mass is 10.1. The summed E-state index contributed by atoms with van der Waals surface area (Å²) in [4.78, 5) is 16.8. The summed E-state index contributed by atoms with van der Waals surface area (Å²) in [5, 5.41) is 1.05. The fourth-order valence-corrected chi connectivity index (χ4v) is 1.74. The molecule has 1 N–H and O–H groups in total. The lowest BCUT2D eigenvalue weighted by molar-refractivity contribution is 0.0744. The summed E-state index contributed by atoms with van der Waals surface area (Å²) in [6.45, 7) is 1.15. The van der Waals surface area contributed by atoms with Crippen molar-refractivity contribution in [2.45, 2.75) is 0 Å². The van der Waals surface area contributed by atoms with Crippen LogP contribution in [0.25, 0.3) is 10.9 Å².